The molecule has 7 nitrogen and oxygen atoms in total. The summed E-state index contributed by atoms with van der Waals surface area (Å²) in [5.74, 6) is -0.550. The van der Waals surface area contributed by atoms with Gasteiger partial charge < -0.3 is 4.74 Å². The summed E-state index contributed by atoms with van der Waals surface area (Å²) in [6.45, 7) is 5.54. The van der Waals surface area contributed by atoms with Crippen molar-refractivity contribution in [2.45, 2.75) is 31.7 Å². The smallest absolute Gasteiger partial charge is 0.338 e. The molecular formula is C16H21N3O4S. The van der Waals surface area contributed by atoms with E-state index < -0.39 is 22.0 Å². The molecule has 0 spiro atoms. The first-order valence-electron chi connectivity index (χ1n) is 7.54. The average molecular weight is 351 g/mol. The van der Waals surface area contributed by atoms with Crippen molar-refractivity contribution in [3.8, 4) is 0 Å². The highest BCUT2D eigenvalue weighted by Gasteiger charge is 2.22. The number of nitrogens with zero attached hydrogens (tertiary/aromatic N) is 2. The first kappa shape index (κ1) is 18.2. The zero-order valence-corrected chi connectivity index (χ0v) is 14.9. The van der Waals surface area contributed by atoms with Gasteiger partial charge in [0.2, 0.25) is 10.0 Å². The molecule has 24 heavy (non-hydrogen) atoms. The summed E-state index contributed by atoms with van der Waals surface area (Å²) in [7, 11) is -1.99. The number of nitrogens with one attached hydrogen (secondary N) is 1. The zero-order valence-electron chi connectivity index (χ0n) is 14.1. The molecule has 0 bridgehead atoms. The van der Waals surface area contributed by atoms with Crippen molar-refractivity contribution in [2.24, 2.45) is 7.05 Å². The summed E-state index contributed by atoms with van der Waals surface area (Å²) < 4.78 is 34.3. The zero-order chi connectivity index (χ0) is 17.9. The summed E-state index contributed by atoms with van der Waals surface area (Å²) in [6, 6.07) is 5.33. The van der Waals surface area contributed by atoms with Crippen LogP contribution in [0.3, 0.4) is 0 Å². The third kappa shape index (κ3) is 3.82. The van der Waals surface area contributed by atoms with Gasteiger partial charge >= 0.3 is 5.97 Å². The quantitative estimate of drug-likeness (QED) is 0.803. The molecule has 0 aliphatic rings. The predicted molar refractivity (Wildman–Crippen MR) is 89.1 cm³/mol. The molecule has 1 aromatic heterocycles. The molecule has 0 fully saturated rings. The van der Waals surface area contributed by atoms with Crippen LogP contribution < -0.4 is 4.72 Å². The normalized spacial score (nSPS) is 12.8. The van der Waals surface area contributed by atoms with Crippen LogP contribution in [0.15, 0.2) is 35.4 Å². The van der Waals surface area contributed by atoms with Crippen LogP contribution in [0, 0.1) is 6.92 Å². The van der Waals surface area contributed by atoms with Crippen molar-refractivity contribution >= 4 is 16.0 Å². The number of aromatic nitrogens is 2. The molecule has 0 saturated carbocycles. The van der Waals surface area contributed by atoms with Crippen molar-refractivity contribution in [3.63, 3.8) is 0 Å². The minimum atomic E-state index is -3.78. The monoisotopic (exact) mass is 351 g/mol. The number of esters is 1. The van der Waals surface area contributed by atoms with Gasteiger partial charge in [-0.05, 0) is 39.0 Å². The molecule has 0 amide bonds. The molecular weight excluding hydrogens is 330 g/mol. The standard InChI is InChI=1S/C16H21N3O4S/c1-5-23-16(20)13-7-6-8-14(9-13)24(21,22)18-11(2)15-10-17-19(4)12(15)3/h6-11,18H,5H2,1-4H3/t11-/m0/s1. The van der Waals surface area contributed by atoms with Crippen molar-refractivity contribution in [3.05, 3.63) is 47.3 Å². The van der Waals surface area contributed by atoms with Gasteiger partial charge in [-0.25, -0.2) is 17.9 Å². The Morgan fingerprint density at radius 1 is 1.42 bits per heavy atom. The Morgan fingerprint density at radius 3 is 2.71 bits per heavy atom. The number of carbonyl (C=O) groups excluding carboxylic acids is 1. The van der Waals surface area contributed by atoms with E-state index in [9.17, 15) is 13.2 Å². The number of hydrogen-bond acceptors (Lipinski definition) is 5. The van der Waals surface area contributed by atoms with Gasteiger partial charge in [-0.2, -0.15) is 5.10 Å². The minimum absolute atomic E-state index is 0.0152. The fraction of sp³-hybridized carbons (Fsp3) is 0.375. The molecule has 1 atom stereocenters. The lowest BCUT2D eigenvalue weighted by Gasteiger charge is -2.14. The second-order valence-corrected chi connectivity index (χ2v) is 7.11. The molecule has 0 saturated heterocycles. The van der Waals surface area contributed by atoms with Gasteiger partial charge in [0.25, 0.3) is 0 Å². The molecule has 1 aromatic carbocycles. The summed E-state index contributed by atoms with van der Waals surface area (Å²) >= 11 is 0. The van der Waals surface area contributed by atoms with Crippen LogP contribution in [-0.4, -0.2) is 30.8 Å². The fourth-order valence-corrected chi connectivity index (χ4v) is 3.58. The van der Waals surface area contributed by atoms with Gasteiger partial charge in [0.1, 0.15) is 0 Å². The highest BCUT2D eigenvalue weighted by atomic mass is 32.2. The Labute approximate surface area is 141 Å². The van der Waals surface area contributed by atoms with Crippen LogP contribution in [0.2, 0.25) is 0 Å². The van der Waals surface area contributed by atoms with Gasteiger partial charge in [-0.15, -0.1) is 0 Å². The van der Waals surface area contributed by atoms with Crippen LogP contribution in [0.1, 0.15) is 41.5 Å². The van der Waals surface area contributed by atoms with Crippen molar-refractivity contribution in [1.29, 1.82) is 0 Å². The second-order valence-electron chi connectivity index (χ2n) is 5.40. The van der Waals surface area contributed by atoms with Crippen LogP contribution >= 0.6 is 0 Å². The Hall–Kier alpha value is -2.19. The van der Waals surface area contributed by atoms with E-state index in [1.165, 1.54) is 24.3 Å². The van der Waals surface area contributed by atoms with E-state index >= 15 is 0 Å². The SMILES string of the molecule is CCOC(=O)c1cccc(S(=O)(=O)N[C@@H](C)c2cnn(C)c2C)c1. The summed E-state index contributed by atoms with van der Waals surface area (Å²) in [6.07, 6.45) is 1.64. The van der Waals surface area contributed by atoms with Gasteiger partial charge in [-0.1, -0.05) is 6.07 Å². The fourth-order valence-electron chi connectivity index (χ4n) is 2.31. The van der Waals surface area contributed by atoms with Gasteiger partial charge in [0.15, 0.2) is 0 Å². The number of ether oxygens (including phenoxy) is 1. The predicted octanol–water partition coefficient (Wildman–Crippen LogP) is 1.94. The molecule has 2 rings (SSSR count). The van der Waals surface area contributed by atoms with E-state index in [0.29, 0.717) is 0 Å². The average Bonchev–Trinajstić information content (AvgIpc) is 2.87. The van der Waals surface area contributed by atoms with E-state index in [2.05, 4.69) is 9.82 Å². The number of benzene rings is 1. The van der Waals surface area contributed by atoms with E-state index in [-0.39, 0.29) is 17.1 Å². The van der Waals surface area contributed by atoms with Crippen LogP contribution in [0.4, 0.5) is 0 Å². The van der Waals surface area contributed by atoms with E-state index in [1.54, 1.807) is 31.8 Å². The Morgan fingerprint density at radius 2 is 2.12 bits per heavy atom. The van der Waals surface area contributed by atoms with E-state index in [1.807, 2.05) is 6.92 Å². The van der Waals surface area contributed by atoms with Gasteiger partial charge in [-0.3, -0.25) is 4.68 Å². The summed E-state index contributed by atoms with van der Waals surface area (Å²) in [5, 5.41) is 4.12. The van der Waals surface area contributed by atoms with Gasteiger partial charge in [0, 0.05) is 24.3 Å². The minimum Gasteiger partial charge on any atom is -0.462 e. The Balaban J connectivity index is 2.26. The first-order valence-corrected chi connectivity index (χ1v) is 9.02. The largest absolute Gasteiger partial charge is 0.462 e. The van der Waals surface area contributed by atoms with Crippen molar-refractivity contribution in [2.75, 3.05) is 6.61 Å². The number of carbonyl (C=O) groups is 1. The molecule has 130 valence electrons. The van der Waals surface area contributed by atoms with E-state index in [4.69, 9.17) is 4.74 Å². The number of aryl methyl sites for hydroxylation is 1. The molecule has 2 aromatic rings. The lowest BCUT2D eigenvalue weighted by atomic mass is 10.1. The number of rotatable bonds is 6. The van der Waals surface area contributed by atoms with Crippen molar-refractivity contribution < 1.29 is 17.9 Å². The topological polar surface area (TPSA) is 90.3 Å². The van der Waals surface area contributed by atoms with Gasteiger partial charge in [0.05, 0.1) is 23.3 Å². The van der Waals surface area contributed by atoms with Crippen molar-refractivity contribution in [1.82, 2.24) is 14.5 Å². The molecule has 0 radical (unpaired) electrons. The van der Waals surface area contributed by atoms with Crippen LogP contribution in [0.5, 0.6) is 0 Å². The molecule has 1 N–H and O–H groups in total. The third-order valence-electron chi connectivity index (χ3n) is 3.73. The molecule has 8 heteroatoms. The lowest BCUT2D eigenvalue weighted by molar-refractivity contribution is 0.0526. The molecule has 1 heterocycles. The molecule has 0 aliphatic carbocycles. The third-order valence-corrected chi connectivity index (χ3v) is 5.27. The number of hydrogen-bond donors (Lipinski definition) is 1. The Kier molecular flexibility index (Phi) is 5.40. The first-order chi connectivity index (χ1) is 11.3. The van der Waals surface area contributed by atoms with Crippen LogP contribution in [0.25, 0.3) is 0 Å². The highest BCUT2D eigenvalue weighted by molar-refractivity contribution is 7.89. The molecule has 0 unspecified atom stereocenters. The lowest BCUT2D eigenvalue weighted by Crippen LogP contribution is -2.27. The van der Waals surface area contributed by atoms with Crippen LogP contribution in [-0.2, 0) is 21.8 Å². The summed E-state index contributed by atoms with van der Waals surface area (Å²) in [5.41, 5.74) is 1.87. The second kappa shape index (κ2) is 7.14. The maximum absolute atomic E-state index is 12.6. The highest BCUT2D eigenvalue weighted by Crippen LogP contribution is 2.20. The van der Waals surface area contributed by atoms with E-state index in [0.717, 1.165) is 11.3 Å². The Bertz CT molecular complexity index is 843. The molecule has 0 aliphatic heterocycles. The summed E-state index contributed by atoms with van der Waals surface area (Å²) in [4.78, 5) is 11.8. The maximum Gasteiger partial charge on any atom is 0.338 e. The number of sulfonamides is 1. The maximum atomic E-state index is 12.6.